The number of halogens is 1. The van der Waals surface area contributed by atoms with E-state index in [0.717, 1.165) is 5.56 Å². The van der Waals surface area contributed by atoms with Crippen LogP contribution in [0.3, 0.4) is 0 Å². The molecule has 3 aromatic rings. The topological polar surface area (TPSA) is 117 Å². The van der Waals surface area contributed by atoms with E-state index < -0.39 is 38.1 Å². The molecule has 180 valence electrons. The summed E-state index contributed by atoms with van der Waals surface area (Å²) in [6.07, 6.45) is -2.90. The van der Waals surface area contributed by atoms with E-state index in [4.69, 9.17) is 14.6 Å². The third-order valence-corrected chi connectivity index (χ3v) is 6.61. The first-order valence-corrected chi connectivity index (χ1v) is 12.5. The number of nitrogens with zero attached hydrogens (tertiary/aromatic N) is 1. The molecule has 3 rings (SSSR count). The Morgan fingerprint density at radius 3 is 2.32 bits per heavy atom. The monoisotopic (exact) mass is 487 g/mol. The molecule has 2 aromatic carbocycles. The highest BCUT2D eigenvalue weighted by Crippen LogP contribution is 2.45. The predicted octanol–water partition coefficient (Wildman–Crippen LogP) is 5.22. The Hall–Kier alpha value is -2.90. The molecular weight excluding hydrogens is 460 g/mol. The fourth-order valence-corrected chi connectivity index (χ4v) is 4.71. The molecule has 0 radical (unpaired) electrons. The number of aliphatic hydroxyl groups excluding tert-OH is 1. The number of benzene rings is 2. The van der Waals surface area contributed by atoms with Gasteiger partial charge in [-0.3, -0.25) is 14.3 Å². The summed E-state index contributed by atoms with van der Waals surface area (Å²) in [6.45, 7) is 3.57. The van der Waals surface area contributed by atoms with Crippen molar-refractivity contribution in [2.24, 2.45) is 0 Å². The summed E-state index contributed by atoms with van der Waals surface area (Å²) < 4.78 is 31.5. The van der Waals surface area contributed by atoms with Crippen LogP contribution in [-0.4, -0.2) is 38.3 Å². The van der Waals surface area contributed by atoms with Crippen LogP contribution >= 0.6 is 7.60 Å². The quantitative estimate of drug-likeness (QED) is 0.336. The third kappa shape index (κ3) is 6.81. The SMILES string of the molecule is CC(C)c1nc(-c2ccccc2)cc(-c2ccc(F)cc2)c1COP(=O)(O)CC(O)CC(=O)O. The number of aliphatic carboxylic acids is 1. The van der Waals surface area contributed by atoms with E-state index in [1.165, 1.54) is 12.1 Å². The maximum absolute atomic E-state index is 13.6. The van der Waals surface area contributed by atoms with Crippen molar-refractivity contribution in [1.29, 1.82) is 0 Å². The van der Waals surface area contributed by atoms with Gasteiger partial charge in [0.05, 0.1) is 31.0 Å². The molecule has 0 amide bonds. The molecule has 2 unspecified atom stereocenters. The highest BCUT2D eigenvalue weighted by Gasteiger charge is 2.27. The number of carbonyl (C=O) groups is 1. The average molecular weight is 487 g/mol. The van der Waals surface area contributed by atoms with Crippen molar-refractivity contribution in [3.8, 4) is 22.4 Å². The number of pyridine rings is 1. The number of aromatic nitrogens is 1. The van der Waals surface area contributed by atoms with Crippen LogP contribution in [0.15, 0.2) is 60.7 Å². The van der Waals surface area contributed by atoms with E-state index in [-0.39, 0.29) is 12.5 Å². The zero-order chi connectivity index (χ0) is 24.9. The zero-order valence-electron chi connectivity index (χ0n) is 18.9. The van der Waals surface area contributed by atoms with Gasteiger partial charge in [0.2, 0.25) is 0 Å². The van der Waals surface area contributed by atoms with Crippen molar-refractivity contribution < 1.29 is 33.4 Å². The number of rotatable bonds is 10. The maximum Gasteiger partial charge on any atom is 0.331 e. The van der Waals surface area contributed by atoms with Crippen LogP contribution in [0.2, 0.25) is 0 Å². The van der Waals surface area contributed by atoms with E-state index in [1.54, 1.807) is 12.1 Å². The van der Waals surface area contributed by atoms with Gasteiger partial charge in [-0.15, -0.1) is 0 Å². The molecule has 0 saturated heterocycles. The average Bonchev–Trinajstić information content (AvgIpc) is 2.77. The first-order valence-electron chi connectivity index (χ1n) is 10.8. The zero-order valence-corrected chi connectivity index (χ0v) is 19.8. The Labute approximate surface area is 197 Å². The lowest BCUT2D eigenvalue weighted by atomic mass is 9.93. The number of hydrogen-bond acceptors (Lipinski definition) is 5. The summed E-state index contributed by atoms with van der Waals surface area (Å²) in [7, 11) is -4.31. The molecule has 3 N–H and O–H groups in total. The summed E-state index contributed by atoms with van der Waals surface area (Å²) in [4.78, 5) is 25.8. The van der Waals surface area contributed by atoms with Gasteiger partial charge in [0.15, 0.2) is 0 Å². The fourth-order valence-electron chi connectivity index (χ4n) is 3.61. The molecule has 7 nitrogen and oxygen atoms in total. The second-order valence-electron chi connectivity index (χ2n) is 8.29. The first kappa shape index (κ1) is 25.7. The molecular formula is C25H27FNO6P. The molecule has 2 atom stereocenters. The van der Waals surface area contributed by atoms with Crippen molar-refractivity contribution in [3.05, 3.63) is 77.7 Å². The Morgan fingerprint density at radius 2 is 1.74 bits per heavy atom. The third-order valence-electron chi connectivity index (χ3n) is 5.19. The molecule has 1 heterocycles. The van der Waals surface area contributed by atoms with E-state index in [0.29, 0.717) is 28.1 Å². The van der Waals surface area contributed by atoms with Gasteiger partial charge in [-0.05, 0) is 35.2 Å². The number of aliphatic hydroxyl groups is 1. The molecule has 0 fully saturated rings. The minimum atomic E-state index is -4.31. The van der Waals surface area contributed by atoms with Crippen LogP contribution in [0.5, 0.6) is 0 Å². The normalized spacial score (nSPS) is 14.1. The van der Waals surface area contributed by atoms with Gasteiger partial charge < -0.3 is 19.6 Å². The van der Waals surface area contributed by atoms with Crippen LogP contribution < -0.4 is 0 Å². The summed E-state index contributed by atoms with van der Waals surface area (Å²) in [5.74, 6) is -1.75. The van der Waals surface area contributed by atoms with E-state index in [1.807, 2.05) is 50.2 Å². The Bertz CT molecular complexity index is 1180. The lowest BCUT2D eigenvalue weighted by Crippen LogP contribution is -2.18. The molecule has 34 heavy (non-hydrogen) atoms. The van der Waals surface area contributed by atoms with Crippen molar-refractivity contribution in [1.82, 2.24) is 4.98 Å². The van der Waals surface area contributed by atoms with Gasteiger partial charge in [0.25, 0.3) is 0 Å². The number of carboxylic acid groups (broad SMARTS) is 1. The van der Waals surface area contributed by atoms with E-state index in [2.05, 4.69) is 0 Å². The number of carboxylic acids is 1. The van der Waals surface area contributed by atoms with Crippen LogP contribution in [-0.2, 0) is 20.5 Å². The molecule has 0 aliphatic heterocycles. The van der Waals surface area contributed by atoms with Gasteiger partial charge in [-0.25, -0.2) is 4.39 Å². The molecule has 1 aromatic heterocycles. The van der Waals surface area contributed by atoms with Crippen LogP contribution in [0.4, 0.5) is 4.39 Å². The minimum Gasteiger partial charge on any atom is -0.481 e. The smallest absolute Gasteiger partial charge is 0.331 e. The number of hydrogen-bond donors (Lipinski definition) is 3. The van der Waals surface area contributed by atoms with E-state index >= 15 is 0 Å². The first-order chi connectivity index (χ1) is 16.1. The molecule has 0 saturated carbocycles. The summed E-state index contributed by atoms with van der Waals surface area (Å²) in [5.41, 5.74) is 4.13. The highest BCUT2D eigenvalue weighted by atomic mass is 31.2. The standard InChI is InChI=1S/C25H27FNO6P/c1-16(2)25-22(14-33-34(31,32)15-20(28)12-24(29)30)21(17-8-10-19(26)11-9-17)13-23(27-25)18-6-4-3-5-7-18/h3-11,13,16,20,28H,12,14-15H2,1-2H3,(H,29,30)(H,31,32). The second-order valence-corrected chi connectivity index (χ2v) is 10.2. The predicted molar refractivity (Wildman–Crippen MR) is 127 cm³/mol. The maximum atomic E-state index is 13.6. The van der Waals surface area contributed by atoms with Crippen molar-refractivity contribution in [2.75, 3.05) is 6.16 Å². The van der Waals surface area contributed by atoms with Crippen molar-refractivity contribution >= 4 is 13.6 Å². The summed E-state index contributed by atoms with van der Waals surface area (Å²) >= 11 is 0. The summed E-state index contributed by atoms with van der Waals surface area (Å²) in [6, 6.07) is 17.2. The molecule has 9 heteroatoms. The summed E-state index contributed by atoms with van der Waals surface area (Å²) in [5, 5.41) is 18.6. The Kier molecular flexibility index (Phi) is 8.33. The molecule has 0 aliphatic rings. The van der Waals surface area contributed by atoms with Gasteiger partial charge in [-0.1, -0.05) is 56.3 Å². The fraction of sp³-hybridized carbons (Fsp3) is 0.280. The van der Waals surface area contributed by atoms with Gasteiger partial charge in [0.1, 0.15) is 5.82 Å². The Balaban J connectivity index is 2.04. The van der Waals surface area contributed by atoms with E-state index in [9.17, 15) is 23.7 Å². The molecule has 0 bridgehead atoms. The van der Waals surface area contributed by atoms with Crippen LogP contribution in [0, 0.1) is 5.82 Å². The van der Waals surface area contributed by atoms with Gasteiger partial charge >= 0.3 is 13.6 Å². The largest absolute Gasteiger partial charge is 0.481 e. The van der Waals surface area contributed by atoms with Crippen LogP contribution in [0.25, 0.3) is 22.4 Å². The van der Waals surface area contributed by atoms with Gasteiger partial charge in [0, 0.05) is 16.8 Å². The van der Waals surface area contributed by atoms with Gasteiger partial charge in [-0.2, -0.15) is 0 Å². The van der Waals surface area contributed by atoms with Crippen molar-refractivity contribution in [2.45, 2.75) is 38.9 Å². The highest BCUT2D eigenvalue weighted by molar-refractivity contribution is 7.52. The van der Waals surface area contributed by atoms with Crippen molar-refractivity contribution in [3.63, 3.8) is 0 Å². The lowest BCUT2D eigenvalue weighted by molar-refractivity contribution is -0.138. The van der Waals surface area contributed by atoms with Crippen LogP contribution in [0.1, 0.15) is 37.4 Å². The minimum absolute atomic E-state index is 0.0721. The molecule has 0 aliphatic carbocycles. The second kappa shape index (κ2) is 11.0. The lowest BCUT2D eigenvalue weighted by Gasteiger charge is -2.21. The molecule has 0 spiro atoms. The Morgan fingerprint density at radius 1 is 1.09 bits per heavy atom.